The summed E-state index contributed by atoms with van der Waals surface area (Å²) in [5.74, 6) is -0.389. The van der Waals surface area contributed by atoms with Gasteiger partial charge in [0, 0.05) is 18.3 Å². The summed E-state index contributed by atoms with van der Waals surface area (Å²) >= 11 is 1.31. The van der Waals surface area contributed by atoms with Crippen molar-refractivity contribution in [3.05, 3.63) is 53.3 Å². The maximum atomic E-state index is 14.6. The average Bonchev–Trinajstić information content (AvgIpc) is 3.48. The number of hydrogen-bond acceptors (Lipinski definition) is 7. The van der Waals surface area contributed by atoms with Gasteiger partial charge in [-0.1, -0.05) is 29.4 Å². The third-order valence-electron chi connectivity index (χ3n) is 5.58. The highest BCUT2D eigenvalue weighted by Gasteiger charge is 2.67. The molecule has 1 fully saturated rings. The number of benzene rings is 1. The second-order valence-electron chi connectivity index (χ2n) is 7.71. The summed E-state index contributed by atoms with van der Waals surface area (Å²) in [5, 5.41) is 15.3. The molecule has 2 aromatic rings. The lowest BCUT2D eigenvalue weighted by Gasteiger charge is -2.34. The van der Waals surface area contributed by atoms with Crippen molar-refractivity contribution >= 4 is 41.8 Å². The second kappa shape index (κ2) is 7.98. The number of nitrogens with one attached hydrogen (secondary N) is 2. The molecule has 0 saturated carbocycles. The van der Waals surface area contributed by atoms with Gasteiger partial charge in [-0.05, 0) is 42.7 Å². The molecular formula is C21H20BFN6OS. The highest BCUT2D eigenvalue weighted by molar-refractivity contribution is 8.15. The first kappa shape index (κ1) is 21.3. The van der Waals surface area contributed by atoms with E-state index >= 15 is 0 Å². The minimum atomic E-state index is -1.34. The van der Waals surface area contributed by atoms with E-state index in [1.165, 1.54) is 11.8 Å². The molecule has 7 nitrogen and oxygen atoms in total. The first-order valence-corrected chi connectivity index (χ1v) is 10.5. The third kappa shape index (κ3) is 3.79. The average molecular weight is 434 g/mol. The quantitative estimate of drug-likeness (QED) is 0.469. The van der Waals surface area contributed by atoms with Gasteiger partial charge in [0.1, 0.15) is 25.8 Å². The lowest BCUT2D eigenvalue weighted by Crippen LogP contribution is -2.45. The van der Waals surface area contributed by atoms with E-state index in [0.717, 1.165) is 5.56 Å². The van der Waals surface area contributed by atoms with Crippen LogP contribution in [0.1, 0.15) is 34.5 Å². The number of nitrogens with two attached hydrogens (primary N) is 1. The molecule has 2 radical (unpaired) electrons. The summed E-state index contributed by atoms with van der Waals surface area (Å²) in [5.41, 5.74) is 7.15. The molecule has 1 unspecified atom stereocenters. The van der Waals surface area contributed by atoms with Gasteiger partial charge in [0.2, 0.25) is 0 Å². The number of pyridine rings is 1. The van der Waals surface area contributed by atoms with Crippen molar-refractivity contribution in [2.75, 3.05) is 12.0 Å². The number of thioether (sulfide) groups is 1. The zero-order chi connectivity index (χ0) is 22.2. The molecule has 1 saturated heterocycles. The van der Waals surface area contributed by atoms with E-state index in [-0.39, 0.29) is 22.8 Å². The highest BCUT2D eigenvalue weighted by Crippen LogP contribution is 2.55. The number of aromatic nitrogens is 1. The van der Waals surface area contributed by atoms with Crippen LogP contribution in [0.5, 0.6) is 0 Å². The number of aryl methyl sites for hydroxylation is 1. The summed E-state index contributed by atoms with van der Waals surface area (Å²) in [6.45, 7) is 1.05. The number of rotatable bonds is 6. The molecule has 4 rings (SSSR count). The van der Waals surface area contributed by atoms with Gasteiger partial charge >= 0.3 is 0 Å². The fourth-order valence-electron chi connectivity index (χ4n) is 3.98. The number of fused-ring (bicyclic) bond motifs is 1. The van der Waals surface area contributed by atoms with Crippen molar-refractivity contribution in [1.82, 2.24) is 10.3 Å². The number of amides is 1. The number of nitrogens with zero attached hydrogens (tertiary/aromatic N) is 3. The minimum absolute atomic E-state index is 0.231. The lowest BCUT2D eigenvalue weighted by molar-refractivity contribution is 0.102. The number of aliphatic imine (C=N–C) groups is 1. The SMILES string of the molecule is [B]c1ccc(NC(=O)c2ccc(C)cn2)cc1[C@@]1(CF)N=C(N)S[C@@]2(CCC#N)NC21. The smallest absolute Gasteiger partial charge is 0.274 e. The Morgan fingerprint density at radius 2 is 2.26 bits per heavy atom. The number of carbonyl (C=O) groups excluding carboxylic acids is 1. The Morgan fingerprint density at radius 1 is 1.45 bits per heavy atom. The van der Waals surface area contributed by atoms with Crippen molar-refractivity contribution in [2.24, 2.45) is 10.7 Å². The molecule has 31 heavy (non-hydrogen) atoms. The van der Waals surface area contributed by atoms with E-state index in [1.807, 2.05) is 6.92 Å². The largest absolute Gasteiger partial charge is 0.378 e. The summed E-state index contributed by atoms with van der Waals surface area (Å²) < 4.78 is 14.6. The predicted molar refractivity (Wildman–Crippen MR) is 120 cm³/mol. The highest BCUT2D eigenvalue weighted by atomic mass is 32.2. The van der Waals surface area contributed by atoms with E-state index in [2.05, 4.69) is 26.7 Å². The van der Waals surface area contributed by atoms with Gasteiger partial charge in [-0.3, -0.25) is 15.1 Å². The Kier molecular flexibility index (Phi) is 5.50. The Balaban J connectivity index is 1.67. The van der Waals surface area contributed by atoms with Crippen LogP contribution in [0.4, 0.5) is 10.1 Å². The van der Waals surface area contributed by atoms with E-state index in [1.54, 1.807) is 36.5 Å². The van der Waals surface area contributed by atoms with Crippen molar-refractivity contribution in [1.29, 1.82) is 5.26 Å². The van der Waals surface area contributed by atoms with Gasteiger partial charge < -0.3 is 11.1 Å². The molecule has 2 aliphatic heterocycles. The molecule has 0 spiro atoms. The van der Waals surface area contributed by atoms with Gasteiger partial charge in [0.15, 0.2) is 5.17 Å². The number of amidine groups is 1. The molecule has 4 N–H and O–H groups in total. The fraction of sp³-hybridized carbons (Fsp3) is 0.333. The molecule has 156 valence electrons. The summed E-state index contributed by atoms with van der Waals surface area (Å²) in [6.07, 6.45) is 2.42. The Labute approximate surface area is 185 Å². The monoisotopic (exact) mass is 434 g/mol. The van der Waals surface area contributed by atoms with Crippen LogP contribution in [0.3, 0.4) is 0 Å². The minimum Gasteiger partial charge on any atom is -0.378 e. The van der Waals surface area contributed by atoms with Gasteiger partial charge in [0.05, 0.1) is 17.0 Å². The van der Waals surface area contributed by atoms with E-state index in [4.69, 9.17) is 18.8 Å². The number of anilines is 1. The number of nitriles is 1. The van der Waals surface area contributed by atoms with Crippen LogP contribution in [-0.2, 0) is 5.54 Å². The molecule has 0 aliphatic carbocycles. The summed E-state index contributed by atoms with van der Waals surface area (Å²) in [4.78, 5) is 20.6. The van der Waals surface area contributed by atoms with Gasteiger partial charge in [-0.2, -0.15) is 5.26 Å². The van der Waals surface area contributed by atoms with Crippen LogP contribution >= 0.6 is 11.8 Å². The van der Waals surface area contributed by atoms with Crippen LogP contribution in [-0.4, -0.2) is 41.5 Å². The van der Waals surface area contributed by atoms with Crippen molar-refractivity contribution in [3.63, 3.8) is 0 Å². The van der Waals surface area contributed by atoms with Crippen molar-refractivity contribution in [3.8, 4) is 6.07 Å². The number of carbonyl (C=O) groups is 1. The van der Waals surface area contributed by atoms with Crippen LogP contribution in [0.15, 0.2) is 41.5 Å². The Morgan fingerprint density at radius 3 is 2.94 bits per heavy atom. The normalized spacial score (nSPS) is 26.4. The number of halogens is 1. The van der Waals surface area contributed by atoms with Gasteiger partial charge in [0.25, 0.3) is 5.91 Å². The molecule has 2 aliphatic rings. The van der Waals surface area contributed by atoms with Gasteiger partial charge in [-0.15, -0.1) is 0 Å². The summed E-state index contributed by atoms with van der Waals surface area (Å²) in [7, 11) is 6.22. The van der Waals surface area contributed by atoms with Crippen LogP contribution in [0, 0.1) is 18.3 Å². The van der Waals surface area contributed by atoms with Gasteiger partial charge in [-0.25, -0.2) is 9.38 Å². The van der Waals surface area contributed by atoms with Crippen LogP contribution in [0.25, 0.3) is 0 Å². The molecule has 3 heterocycles. The van der Waals surface area contributed by atoms with E-state index < -0.39 is 17.1 Å². The maximum absolute atomic E-state index is 14.6. The molecule has 1 aromatic heterocycles. The first-order valence-electron chi connectivity index (χ1n) is 9.72. The predicted octanol–water partition coefficient (Wildman–Crippen LogP) is 1.63. The van der Waals surface area contributed by atoms with Crippen molar-refractivity contribution in [2.45, 2.75) is 36.2 Å². The molecule has 1 amide bonds. The third-order valence-corrected chi connectivity index (χ3v) is 6.80. The summed E-state index contributed by atoms with van der Waals surface area (Å²) in [6, 6.07) is 10.1. The van der Waals surface area contributed by atoms with E-state index in [9.17, 15) is 9.18 Å². The lowest BCUT2D eigenvalue weighted by atomic mass is 9.77. The second-order valence-corrected chi connectivity index (χ2v) is 9.06. The zero-order valence-corrected chi connectivity index (χ0v) is 17.7. The van der Waals surface area contributed by atoms with E-state index in [0.29, 0.717) is 29.6 Å². The first-order chi connectivity index (χ1) is 14.8. The maximum Gasteiger partial charge on any atom is 0.274 e. The van der Waals surface area contributed by atoms with Crippen LogP contribution in [0.2, 0.25) is 0 Å². The zero-order valence-electron chi connectivity index (χ0n) is 16.9. The van der Waals surface area contributed by atoms with Crippen LogP contribution < -0.4 is 21.8 Å². The standard InChI is InChI=1S/C21H20BFN6OS/c1-12-3-6-16(26-10-12)17(30)27-13-4-5-15(22)14(9-13)20(11-23)18-21(28-18,7-2-8-24)31-19(25)29-20/h3-6,9-10,18,28H,2,7,11H2,1H3,(H2,25,29)(H,27,30)/t18?,20-,21-/m1/s1. The molecule has 3 atom stereocenters. The van der Waals surface area contributed by atoms with Crippen molar-refractivity contribution < 1.29 is 9.18 Å². The molecule has 1 aromatic carbocycles. The Bertz CT molecular complexity index is 1100. The molecule has 10 heteroatoms. The molecular weight excluding hydrogens is 414 g/mol. The Hall–Kier alpha value is -2.90. The number of hydrogen-bond donors (Lipinski definition) is 3. The fourth-order valence-corrected chi connectivity index (χ4v) is 5.25. The topological polar surface area (TPSA) is 126 Å². The molecule has 0 bridgehead atoms. The number of alkyl halides is 1.